The van der Waals surface area contributed by atoms with Crippen LogP contribution in [0.25, 0.3) is 0 Å². The second-order valence-corrected chi connectivity index (χ2v) is 3.26. The molecule has 0 aliphatic rings. The molecular weight excluding hydrogens is 224 g/mol. The lowest BCUT2D eigenvalue weighted by molar-refractivity contribution is -0.139. The lowest BCUT2D eigenvalue weighted by atomic mass is 10.3. The van der Waals surface area contributed by atoms with Crippen LogP contribution in [0.15, 0.2) is 24.3 Å². The van der Waals surface area contributed by atoms with E-state index in [0.717, 1.165) is 0 Å². The van der Waals surface area contributed by atoms with Gasteiger partial charge in [-0.2, -0.15) is 0 Å². The van der Waals surface area contributed by atoms with Crippen molar-refractivity contribution in [3.63, 3.8) is 0 Å². The molecule has 1 amide bonds. The Bertz CT molecular complexity index is 406. The van der Waals surface area contributed by atoms with Gasteiger partial charge in [0.05, 0.1) is 12.2 Å². The van der Waals surface area contributed by atoms with Crippen LogP contribution < -0.4 is 15.4 Å². The van der Waals surface area contributed by atoms with E-state index in [9.17, 15) is 9.59 Å². The van der Waals surface area contributed by atoms with Gasteiger partial charge < -0.3 is 20.5 Å². The topological polar surface area (TPSA) is 87.7 Å². The first-order chi connectivity index (χ1) is 8.13. The summed E-state index contributed by atoms with van der Waals surface area (Å²) in [6.45, 7) is -0.272. The van der Waals surface area contributed by atoms with E-state index in [4.69, 9.17) is 9.84 Å². The van der Waals surface area contributed by atoms with Gasteiger partial charge in [0.2, 0.25) is 5.91 Å². The van der Waals surface area contributed by atoms with Crippen molar-refractivity contribution >= 4 is 17.6 Å². The second-order valence-electron chi connectivity index (χ2n) is 3.26. The van der Waals surface area contributed by atoms with Crippen molar-refractivity contribution in [2.24, 2.45) is 0 Å². The molecule has 6 nitrogen and oxygen atoms in total. The number of carboxylic acid groups (broad SMARTS) is 1. The van der Waals surface area contributed by atoms with E-state index < -0.39 is 12.6 Å². The number of likely N-dealkylation sites (N-methyl/N-ethyl adjacent to an activating group) is 1. The fourth-order valence-corrected chi connectivity index (χ4v) is 1.19. The molecule has 0 unspecified atom stereocenters. The summed E-state index contributed by atoms with van der Waals surface area (Å²) >= 11 is 0. The van der Waals surface area contributed by atoms with E-state index in [2.05, 4.69) is 10.6 Å². The third kappa shape index (κ3) is 4.52. The van der Waals surface area contributed by atoms with Crippen LogP contribution in [0.5, 0.6) is 5.75 Å². The molecule has 0 fully saturated rings. The average molecular weight is 238 g/mol. The zero-order chi connectivity index (χ0) is 12.7. The highest BCUT2D eigenvalue weighted by molar-refractivity contribution is 5.93. The number of aliphatic carboxylic acids is 1. The van der Waals surface area contributed by atoms with E-state index in [0.29, 0.717) is 11.4 Å². The number of amides is 1. The van der Waals surface area contributed by atoms with Crippen molar-refractivity contribution < 1.29 is 19.4 Å². The van der Waals surface area contributed by atoms with Gasteiger partial charge in [-0.15, -0.1) is 0 Å². The van der Waals surface area contributed by atoms with Gasteiger partial charge in [-0.05, 0) is 19.2 Å². The van der Waals surface area contributed by atoms with Gasteiger partial charge in [-0.1, -0.05) is 12.1 Å². The number of benzene rings is 1. The molecule has 0 heterocycles. The summed E-state index contributed by atoms with van der Waals surface area (Å²) in [6, 6.07) is 6.66. The smallest absolute Gasteiger partial charge is 0.341 e. The number of carbonyl (C=O) groups excluding carboxylic acids is 1. The summed E-state index contributed by atoms with van der Waals surface area (Å²) in [5.41, 5.74) is 0.453. The van der Waals surface area contributed by atoms with E-state index in [-0.39, 0.29) is 12.5 Å². The minimum Gasteiger partial charge on any atom is -0.480 e. The first-order valence-electron chi connectivity index (χ1n) is 5.01. The van der Waals surface area contributed by atoms with Crippen LogP contribution in [-0.2, 0) is 9.59 Å². The van der Waals surface area contributed by atoms with E-state index >= 15 is 0 Å². The quantitative estimate of drug-likeness (QED) is 0.663. The van der Waals surface area contributed by atoms with E-state index in [1.165, 1.54) is 0 Å². The molecule has 0 radical (unpaired) electrons. The maximum absolute atomic E-state index is 11.4. The molecule has 0 spiro atoms. The van der Waals surface area contributed by atoms with Gasteiger partial charge in [0.1, 0.15) is 5.75 Å². The molecule has 0 aliphatic heterocycles. The summed E-state index contributed by atoms with van der Waals surface area (Å²) in [7, 11) is 1.66. The fraction of sp³-hybridized carbons (Fsp3) is 0.273. The van der Waals surface area contributed by atoms with Crippen LogP contribution in [0.3, 0.4) is 0 Å². The summed E-state index contributed by atoms with van der Waals surface area (Å²) in [5.74, 6) is -0.959. The summed E-state index contributed by atoms with van der Waals surface area (Å²) in [5, 5.41) is 13.8. The van der Waals surface area contributed by atoms with Crippen LogP contribution in [0.1, 0.15) is 0 Å². The molecule has 92 valence electrons. The van der Waals surface area contributed by atoms with Crippen LogP contribution in [-0.4, -0.2) is 37.2 Å². The number of hydrogen-bond donors (Lipinski definition) is 3. The molecule has 0 aliphatic carbocycles. The predicted molar refractivity (Wildman–Crippen MR) is 62.1 cm³/mol. The lowest BCUT2D eigenvalue weighted by Crippen LogP contribution is -2.25. The number of nitrogens with one attached hydrogen (secondary N) is 2. The Morgan fingerprint density at radius 1 is 1.35 bits per heavy atom. The van der Waals surface area contributed by atoms with Gasteiger partial charge >= 0.3 is 5.97 Å². The molecule has 3 N–H and O–H groups in total. The zero-order valence-corrected chi connectivity index (χ0v) is 9.40. The largest absolute Gasteiger partial charge is 0.480 e. The molecule has 0 saturated heterocycles. The van der Waals surface area contributed by atoms with Crippen LogP contribution in [0, 0.1) is 0 Å². The molecule has 1 aromatic rings. The van der Waals surface area contributed by atoms with Crippen molar-refractivity contribution in [1.82, 2.24) is 5.32 Å². The van der Waals surface area contributed by atoms with Gasteiger partial charge in [-0.25, -0.2) is 4.79 Å². The second kappa shape index (κ2) is 6.49. The number of rotatable bonds is 6. The minimum atomic E-state index is -1.07. The molecular formula is C11H14N2O4. The molecule has 0 atom stereocenters. The maximum atomic E-state index is 11.4. The molecule has 17 heavy (non-hydrogen) atoms. The Kier molecular flexibility index (Phi) is 4.96. The highest BCUT2D eigenvalue weighted by atomic mass is 16.5. The van der Waals surface area contributed by atoms with Crippen molar-refractivity contribution in [2.45, 2.75) is 0 Å². The number of hydrogen-bond acceptors (Lipinski definition) is 4. The number of ether oxygens (including phenoxy) is 1. The summed E-state index contributed by atoms with van der Waals surface area (Å²) < 4.78 is 5.04. The maximum Gasteiger partial charge on any atom is 0.341 e. The van der Waals surface area contributed by atoms with Crippen molar-refractivity contribution in [3.8, 4) is 5.75 Å². The van der Waals surface area contributed by atoms with E-state index in [1.807, 2.05) is 0 Å². The Labute approximate surface area is 98.6 Å². The third-order valence-corrected chi connectivity index (χ3v) is 1.85. The number of carboxylic acids is 1. The molecule has 0 saturated carbocycles. The lowest BCUT2D eigenvalue weighted by Gasteiger charge is -2.10. The first kappa shape index (κ1) is 13.0. The third-order valence-electron chi connectivity index (χ3n) is 1.85. The SMILES string of the molecule is CNCC(=O)Nc1ccccc1OCC(=O)O. The summed E-state index contributed by atoms with van der Waals surface area (Å²) in [6.07, 6.45) is 0. The predicted octanol–water partition coefficient (Wildman–Crippen LogP) is 0.308. The number of para-hydroxylation sites is 2. The number of carbonyl (C=O) groups is 2. The van der Waals surface area contributed by atoms with Crippen LogP contribution in [0.4, 0.5) is 5.69 Å². The highest BCUT2D eigenvalue weighted by Gasteiger charge is 2.07. The van der Waals surface area contributed by atoms with Gasteiger partial charge in [-0.3, -0.25) is 4.79 Å². The average Bonchev–Trinajstić information content (AvgIpc) is 2.28. The zero-order valence-electron chi connectivity index (χ0n) is 9.40. The van der Waals surface area contributed by atoms with Crippen molar-refractivity contribution in [3.05, 3.63) is 24.3 Å². The van der Waals surface area contributed by atoms with Gasteiger partial charge in [0.15, 0.2) is 6.61 Å². The highest BCUT2D eigenvalue weighted by Crippen LogP contribution is 2.23. The standard InChI is InChI=1S/C11H14N2O4/c1-12-6-10(14)13-8-4-2-3-5-9(8)17-7-11(15)16/h2-5,12H,6-7H2,1H3,(H,13,14)(H,15,16). The van der Waals surface area contributed by atoms with E-state index in [1.54, 1.807) is 31.3 Å². The normalized spacial score (nSPS) is 9.71. The Morgan fingerprint density at radius 2 is 2.06 bits per heavy atom. The van der Waals surface area contributed by atoms with Gasteiger partial charge in [0, 0.05) is 0 Å². The first-order valence-corrected chi connectivity index (χ1v) is 5.01. The van der Waals surface area contributed by atoms with Gasteiger partial charge in [0.25, 0.3) is 0 Å². The fourth-order valence-electron chi connectivity index (χ4n) is 1.19. The molecule has 0 bridgehead atoms. The Balaban J connectivity index is 2.70. The number of anilines is 1. The molecule has 1 rings (SSSR count). The Hall–Kier alpha value is -2.08. The van der Waals surface area contributed by atoms with Crippen LogP contribution >= 0.6 is 0 Å². The minimum absolute atomic E-state index is 0.174. The van der Waals surface area contributed by atoms with Crippen molar-refractivity contribution in [1.29, 1.82) is 0 Å². The van der Waals surface area contributed by atoms with Crippen LogP contribution in [0.2, 0.25) is 0 Å². The monoisotopic (exact) mass is 238 g/mol. The summed E-state index contributed by atoms with van der Waals surface area (Å²) in [4.78, 5) is 21.7. The van der Waals surface area contributed by atoms with Crippen molar-refractivity contribution in [2.75, 3.05) is 25.5 Å². The Morgan fingerprint density at radius 3 is 2.71 bits per heavy atom. The molecule has 6 heteroatoms. The molecule has 0 aromatic heterocycles. The molecule has 1 aromatic carbocycles.